The summed E-state index contributed by atoms with van der Waals surface area (Å²) in [4.78, 5) is 11.4. The number of sulfonamides is 1. The molecule has 0 fully saturated rings. The molecule has 0 spiro atoms. The Kier molecular flexibility index (Phi) is 6.06. The van der Waals surface area contributed by atoms with Crippen molar-refractivity contribution < 1.29 is 22.3 Å². The van der Waals surface area contributed by atoms with Crippen LogP contribution in [0.3, 0.4) is 0 Å². The summed E-state index contributed by atoms with van der Waals surface area (Å²) >= 11 is 2.89. The van der Waals surface area contributed by atoms with Crippen LogP contribution in [0.25, 0.3) is 0 Å². The average molecular weight is 369 g/mol. The third-order valence-corrected chi connectivity index (χ3v) is 4.18. The summed E-state index contributed by atoms with van der Waals surface area (Å²) in [6.07, 6.45) is 0. The number of nitrogens with one attached hydrogen (secondary N) is 1. The maximum atomic E-state index is 13.7. The molecule has 20 heavy (non-hydrogen) atoms. The highest BCUT2D eigenvalue weighted by Gasteiger charge is 2.20. The van der Waals surface area contributed by atoms with E-state index in [1.807, 2.05) is 0 Å². The van der Waals surface area contributed by atoms with E-state index in [0.717, 1.165) is 12.1 Å². The van der Waals surface area contributed by atoms with Crippen LogP contribution in [0.15, 0.2) is 21.5 Å². The molecule has 1 aromatic carbocycles. The zero-order valence-electron chi connectivity index (χ0n) is 10.7. The molecule has 3 N–H and O–H groups in total. The Morgan fingerprint density at radius 1 is 1.50 bits per heavy atom. The molecule has 0 aliphatic heterocycles. The second kappa shape index (κ2) is 7.11. The Bertz CT molecular complexity index is 607. The molecule has 1 aromatic rings. The van der Waals surface area contributed by atoms with Gasteiger partial charge in [0.05, 0.1) is 17.1 Å². The van der Waals surface area contributed by atoms with Gasteiger partial charge in [-0.2, -0.15) is 0 Å². The van der Waals surface area contributed by atoms with Crippen molar-refractivity contribution in [1.82, 2.24) is 5.32 Å². The third-order valence-electron chi connectivity index (χ3n) is 2.31. The van der Waals surface area contributed by atoms with Gasteiger partial charge in [-0.05, 0) is 35.0 Å². The number of rotatable bonds is 6. The molecule has 0 saturated carbocycles. The zero-order valence-corrected chi connectivity index (χ0v) is 13.1. The molecule has 0 saturated heterocycles. The number of ether oxygens (including phenoxy) is 1. The number of benzene rings is 1. The van der Waals surface area contributed by atoms with E-state index in [0.29, 0.717) is 6.61 Å². The Hall–Kier alpha value is -1.03. The number of amides is 1. The number of carbonyl (C=O) groups is 1. The predicted molar refractivity (Wildman–Crippen MR) is 74.3 cm³/mol. The molecule has 1 rings (SSSR count). The second-order valence-corrected chi connectivity index (χ2v) is 6.14. The van der Waals surface area contributed by atoms with E-state index in [9.17, 15) is 17.6 Å². The van der Waals surface area contributed by atoms with Gasteiger partial charge in [-0.3, -0.25) is 4.79 Å². The normalized spacial score (nSPS) is 11.4. The average Bonchev–Trinajstić information content (AvgIpc) is 2.32. The van der Waals surface area contributed by atoms with Gasteiger partial charge in [-0.1, -0.05) is 0 Å². The van der Waals surface area contributed by atoms with E-state index in [-0.39, 0.29) is 22.5 Å². The smallest absolute Gasteiger partial charge is 0.254 e. The van der Waals surface area contributed by atoms with E-state index in [1.54, 1.807) is 6.92 Å². The first kappa shape index (κ1) is 17.0. The molecule has 0 aromatic heterocycles. The minimum absolute atomic E-state index is 0.0385. The van der Waals surface area contributed by atoms with Crippen molar-refractivity contribution in [3.8, 4) is 0 Å². The summed E-state index contributed by atoms with van der Waals surface area (Å²) in [5, 5.41) is 7.40. The van der Waals surface area contributed by atoms with Crippen molar-refractivity contribution in [3.63, 3.8) is 0 Å². The molecule has 9 heteroatoms. The molecular formula is C11H14BrFN2O4S. The first-order chi connectivity index (χ1) is 9.27. The summed E-state index contributed by atoms with van der Waals surface area (Å²) in [5.74, 6) is -1.59. The molecular weight excluding hydrogens is 355 g/mol. The van der Waals surface area contributed by atoms with Crippen LogP contribution < -0.4 is 10.5 Å². The quantitative estimate of drug-likeness (QED) is 0.731. The molecule has 112 valence electrons. The molecule has 0 atom stereocenters. The fourth-order valence-electron chi connectivity index (χ4n) is 1.40. The molecule has 1 amide bonds. The number of carbonyl (C=O) groups excluding carboxylic acids is 1. The van der Waals surface area contributed by atoms with Gasteiger partial charge < -0.3 is 10.1 Å². The van der Waals surface area contributed by atoms with Gasteiger partial charge in [0.15, 0.2) is 0 Å². The van der Waals surface area contributed by atoms with Crippen LogP contribution in [0.1, 0.15) is 17.3 Å². The second-order valence-electron chi connectivity index (χ2n) is 3.76. The molecule has 0 aliphatic carbocycles. The van der Waals surface area contributed by atoms with Crippen molar-refractivity contribution in [2.75, 3.05) is 19.8 Å². The van der Waals surface area contributed by atoms with Crippen LogP contribution >= 0.6 is 15.9 Å². The standard InChI is InChI=1S/C11H14BrFN2O4S/c1-2-19-4-3-15-11(16)7-5-10(20(14,17)18)8(12)6-9(7)13/h5-6H,2-4H2,1H3,(H,15,16)(H2,14,17,18). The van der Waals surface area contributed by atoms with E-state index in [4.69, 9.17) is 9.88 Å². The number of halogens is 2. The van der Waals surface area contributed by atoms with Crippen molar-refractivity contribution in [1.29, 1.82) is 0 Å². The lowest BCUT2D eigenvalue weighted by molar-refractivity contribution is 0.0918. The maximum absolute atomic E-state index is 13.7. The Labute approximate surface area is 124 Å². The SMILES string of the molecule is CCOCCNC(=O)c1cc(S(N)(=O)=O)c(Br)cc1F. The summed E-state index contributed by atoms with van der Waals surface area (Å²) in [7, 11) is -4.05. The van der Waals surface area contributed by atoms with Crippen molar-refractivity contribution >= 4 is 31.9 Å². The summed E-state index contributed by atoms with van der Waals surface area (Å²) < 4.78 is 41.3. The van der Waals surface area contributed by atoms with Gasteiger partial charge >= 0.3 is 0 Å². The monoisotopic (exact) mass is 368 g/mol. The van der Waals surface area contributed by atoms with Gasteiger partial charge in [0.1, 0.15) is 5.82 Å². The topological polar surface area (TPSA) is 98.5 Å². The maximum Gasteiger partial charge on any atom is 0.254 e. The highest BCUT2D eigenvalue weighted by Crippen LogP contribution is 2.24. The van der Waals surface area contributed by atoms with E-state index in [1.165, 1.54) is 0 Å². The van der Waals surface area contributed by atoms with Crippen LogP contribution in [-0.4, -0.2) is 34.1 Å². The first-order valence-electron chi connectivity index (χ1n) is 5.65. The van der Waals surface area contributed by atoms with Gasteiger partial charge in [-0.15, -0.1) is 0 Å². The lowest BCUT2D eigenvalue weighted by atomic mass is 10.2. The lowest BCUT2D eigenvalue weighted by Gasteiger charge is -2.09. The van der Waals surface area contributed by atoms with E-state index >= 15 is 0 Å². The molecule has 0 radical (unpaired) electrons. The fraction of sp³-hybridized carbons (Fsp3) is 0.364. The van der Waals surface area contributed by atoms with Gasteiger partial charge in [0.2, 0.25) is 10.0 Å². The highest BCUT2D eigenvalue weighted by atomic mass is 79.9. The van der Waals surface area contributed by atoms with Crippen molar-refractivity contribution in [3.05, 3.63) is 28.0 Å². The molecule has 0 unspecified atom stereocenters. The minimum Gasteiger partial charge on any atom is -0.380 e. The summed E-state index contributed by atoms with van der Waals surface area (Å²) in [5.41, 5.74) is -0.395. The molecule has 0 aliphatic rings. The Morgan fingerprint density at radius 3 is 2.70 bits per heavy atom. The van der Waals surface area contributed by atoms with Gasteiger partial charge in [-0.25, -0.2) is 17.9 Å². The van der Waals surface area contributed by atoms with Crippen LogP contribution in [0.4, 0.5) is 4.39 Å². The lowest BCUT2D eigenvalue weighted by Crippen LogP contribution is -2.28. The van der Waals surface area contributed by atoms with Crippen molar-refractivity contribution in [2.24, 2.45) is 5.14 Å². The molecule has 0 heterocycles. The fourth-order valence-corrected chi connectivity index (χ4v) is 3.00. The first-order valence-corrected chi connectivity index (χ1v) is 7.99. The predicted octanol–water partition coefficient (Wildman–Crippen LogP) is 1.00. The van der Waals surface area contributed by atoms with Crippen LogP contribution in [-0.2, 0) is 14.8 Å². The summed E-state index contributed by atoms with van der Waals surface area (Å²) in [6.45, 7) is 2.77. The number of nitrogens with two attached hydrogens (primary N) is 1. The highest BCUT2D eigenvalue weighted by molar-refractivity contribution is 9.10. The Morgan fingerprint density at radius 2 is 2.15 bits per heavy atom. The van der Waals surface area contributed by atoms with Gasteiger partial charge in [0, 0.05) is 17.6 Å². The molecule has 0 bridgehead atoms. The van der Waals surface area contributed by atoms with Crippen LogP contribution in [0.5, 0.6) is 0 Å². The van der Waals surface area contributed by atoms with Crippen LogP contribution in [0, 0.1) is 5.82 Å². The van der Waals surface area contributed by atoms with E-state index < -0.39 is 27.3 Å². The van der Waals surface area contributed by atoms with Gasteiger partial charge in [0.25, 0.3) is 5.91 Å². The number of primary sulfonamides is 1. The van der Waals surface area contributed by atoms with Crippen molar-refractivity contribution in [2.45, 2.75) is 11.8 Å². The Balaban J connectivity index is 2.98. The number of hydrogen-bond acceptors (Lipinski definition) is 4. The number of hydrogen-bond donors (Lipinski definition) is 2. The van der Waals surface area contributed by atoms with E-state index in [2.05, 4.69) is 21.2 Å². The molecule has 6 nitrogen and oxygen atoms in total. The largest absolute Gasteiger partial charge is 0.380 e. The van der Waals surface area contributed by atoms with Crippen LogP contribution in [0.2, 0.25) is 0 Å². The summed E-state index contributed by atoms with van der Waals surface area (Å²) in [6, 6.07) is 1.78. The zero-order chi connectivity index (χ0) is 15.3. The third kappa shape index (κ3) is 4.51. The minimum atomic E-state index is -4.05.